The molecule has 0 spiro atoms. The second-order valence-corrected chi connectivity index (χ2v) is 9.16. The molecule has 1 unspecified atom stereocenters. The smallest absolute Gasteiger partial charge is 0.154 e. The number of halogens is 1. The van der Waals surface area contributed by atoms with Gasteiger partial charge in [-0.2, -0.15) is 0 Å². The summed E-state index contributed by atoms with van der Waals surface area (Å²) < 4.78 is 23.2. The fourth-order valence-electron chi connectivity index (χ4n) is 2.50. The zero-order valence-corrected chi connectivity index (χ0v) is 15.5. The van der Waals surface area contributed by atoms with Gasteiger partial charge in [0.25, 0.3) is 0 Å². The molecule has 1 aromatic carbocycles. The number of alkyl halides is 1. The van der Waals surface area contributed by atoms with Crippen LogP contribution < -0.4 is 0 Å². The molecule has 120 valence electrons. The van der Waals surface area contributed by atoms with Crippen LogP contribution in [-0.2, 0) is 29.1 Å². The molecular formula is C17H27ClO2S. The van der Waals surface area contributed by atoms with E-state index in [4.69, 9.17) is 11.6 Å². The zero-order valence-electron chi connectivity index (χ0n) is 14.0. The second kappa shape index (κ2) is 6.70. The van der Waals surface area contributed by atoms with E-state index in [1.54, 1.807) is 13.8 Å². The van der Waals surface area contributed by atoms with E-state index < -0.39 is 20.0 Å². The summed E-state index contributed by atoms with van der Waals surface area (Å²) in [4.78, 5) is 0. The van der Waals surface area contributed by atoms with Crippen molar-refractivity contribution in [3.63, 3.8) is 0 Å². The van der Waals surface area contributed by atoms with Gasteiger partial charge in [0.2, 0.25) is 0 Å². The summed E-state index contributed by atoms with van der Waals surface area (Å²) in [6.45, 7) is 9.75. The van der Waals surface area contributed by atoms with Crippen LogP contribution in [0.4, 0.5) is 0 Å². The highest BCUT2D eigenvalue weighted by Gasteiger charge is 2.40. The molecule has 4 heteroatoms. The maximum atomic E-state index is 12.1. The van der Waals surface area contributed by atoms with Gasteiger partial charge in [0, 0.05) is 6.26 Å². The number of hydrogen-bond donors (Lipinski definition) is 0. The van der Waals surface area contributed by atoms with Gasteiger partial charge in [-0.1, -0.05) is 32.9 Å². The van der Waals surface area contributed by atoms with Crippen molar-refractivity contribution in [3.05, 3.63) is 34.4 Å². The molecule has 1 atom stereocenters. The third-order valence-electron chi connectivity index (χ3n) is 4.40. The van der Waals surface area contributed by atoms with Gasteiger partial charge in [-0.05, 0) is 55.4 Å². The Bertz CT molecular complexity index is 578. The van der Waals surface area contributed by atoms with Crippen molar-refractivity contribution >= 4 is 21.4 Å². The number of aryl methyl sites for hydroxylation is 3. The first-order valence-electron chi connectivity index (χ1n) is 7.58. The van der Waals surface area contributed by atoms with Gasteiger partial charge in [-0.25, -0.2) is 8.42 Å². The van der Waals surface area contributed by atoms with Crippen LogP contribution in [0.1, 0.15) is 62.2 Å². The van der Waals surface area contributed by atoms with Crippen LogP contribution in [0.25, 0.3) is 0 Å². The Hall–Kier alpha value is -0.540. The third kappa shape index (κ3) is 3.62. The van der Waals surface area contributed by atoms with Crippen molar-refractivity contribution in [2.45, 2.75) is 64.0 Å². The minimum absolute atomic E-state index is 0.539. The molecule has 0 heterocycles. The summed E-state index contributed by atoms with van der Waals surface area (Å²) in [6, 6.07) is 4.34. The summed E-state index contributed by atoms with van der Waals surface area (Å²) in [5.41, 5.74) is 4.63. The summed E-state index contributed by atoms with van der Waals surface area (Å²) in [5, 5.41) is -0.539. The number of benzene rings is 1. The first kappa shape index (κ1) is 18.5. The topological polar surface area (TPSA) is 34.1 Å². The van der Waals surface area contributed by atoms with Crippen LogP contribution in [0.15, 0.2) is 12.1 Å². The third-order valence-corrected chi connectivity index (χ3v) is 7.44. The summed E-state index contributed by atoms with van der Waals surface area (Å²) in [6.07, 6.45) is 3.96. The normalized spacial score (nSPS) is 14.2. The maximum absolute atomic E-state index is 12.1. The average Bonchev–Trinajstić information content (AvgIpc) is 2.43. The average molecular weight is 331 g/mol. The summed E-state index contributed by atoms with van der Waals surface area (Å²) in [7, 11) is -3.25. The Kier molecular flexibility index (Phi) is 5.91. The molecule has 1 aromatic rings. The van der Waals surface area contributed by atoms with Gasteiger partial charge in [-0.15, -0.1) is 11.6 Å². The van der Waals surface area contributed by atoms with Crippen LogP contribution in [0.2, 0.25) is 0 Å². The Labute approximate surface area is 134 Å². The van der Waals surface area contributed by atoms with Crippen LogP contribution in [-0.4, -0.2) is 19.4 Å². The first-order chi connectivity index (χ1) is 9.60. The van der Waals surface area contributed by atoms with E-state index in [2.05, 4.69) is 32.9 Å². The monoisotopic (exact) mass is 330 g/mol. The molecule has 0 amide bonds. The van der Waals surface area contributed by atoms with Gasteiger partial charge >= 0.3 is 0 Å². The molecule has 0 saturated heterocycles. The molecule has 0 saturated carbocycles. The van der Waals surface area contributed by atoms with E-state index >= 15 is 0 Å². The molecule has 1 rings (SSSR count). The highest BCUT2D eigenvalue weighted by molar-refractivity contribution is 7.92. The fourth-order valence-corrected chi connectivity index (χ4v) is 3.76. The predicted molar refractivity (Wildman–Crippen MR) is 92.1 cm³/mol. The summed E-state index contributed by atoms with van der Waals surface area (Å²) in [5.74, 6) is 0. The van der Waals surface area contributed by atoms with Gasteiger partial charge in [0.05, 0.1) is 10.1 Å². The molecule has 0 bridgehead atoms. The van der Waals surface area contributed by atoms with Crippen molar-refractivity contribution in [3.8, 4) is 0 Å². The van der Waals surface area contributed by atoms with E-state index in [-0.39, 0.29) is 0 Å². The Morgan fingerprint density at radius 1 is 1.05 bits per heavy atom. The van der Waals surface area contributed by atoms with Crippen molar-refractivity contribution in [1.29, 1.82) is 0 Å². The molecule has 0 aliphatic rings. The van der Waals surface area contributed by atoms with Crippen LogP contribution in [0, 0.1) is 0 Å². The SMILES string of the molecule is CCc1cc(CC)c(C(Cl)C(C)(C)S(C)(=O)=O)c(CC)c1. The van der Waals surface area contributed by atoms with Crippen molar-refractivity contribution < 1.29 is 8.42 Å². The maximum Gasteiger partial charge on any atom is 0.154 e. The molecular weight excluding hydrogens is 304 g/mol. The molecule has 21 heavy (non-hydrogen) atoms. The Morgan fingerprint density at radius 2 is 1.48 bits per heavy atom. The predicted octanol–water partition coefficient (Wildman–Crippen LogP) is 4.48. The van der Waals surface area contributed by atoms with E-state index in [0.717, 1.165) is 24.8 Å². The molecule has 0 aliphatic carbocycles. The Balaban J connectivity index is 3.55. The second-order valence-electron chi connectivity index (χ2n) is 6.13. The van der Waals surface area contributed by atoms with E-state index in [9.17, 15) is 8.42 Å². The standard InChI is InChI=1S/C17H27ClO2S/c1-7-12-10-13(8-2)15(14(9-3)11-12)16(18)17(4,5)21(6,19)20/h10-11,16H,7-9H2,1-6H3. The van der Waals surface area contributed by atoms with E-state index in [0.29, 0.717) is 0 Å². The van der Waals surface area contributed by atoms with Crippen LogP contribution >= 0.6 is 11.6 Å². The number of hydrogen-bond acceptors (Lipinski definition) is 2. The molecule has 0 aliphatic heterocycles. The van der Waals surface area contributed by atoms with Crippen LogP contribution in [0.5, 0.6) is 0 Å². The molecule has 0 fully saturated rings. The zero-order chi connectivity index (χ0) is 16.4. The largest absolute Gasteiger partial charge is 0.229 e. The lowest BCUT2D eigenvalue weighted by Gasteiger charge is -2.31. The van der Waals surface area contributed by atoms with Gasteiger partial charge in [-0.3, -0.25) is 0 Å². The Morgan fingerprint density at radius 3 is 1.76 bits per heavy atom. The fraction of sp³-hybridized carbons (Fsp3) is 0.647. The van der Waals surface area contributed by atoms with Gasteiger partial charge in [0.1, 0.15) is 0 Å². The van der Waals surface area contributed by atoms with Gasteiger partial charge in [0.15, 0.2) is 9.84 Å². The first-order valence-corrected chi connectivity index (χ1v) is 9.91. The molecule has 0 aromatic heterocycles. The minimum atomic E-state index is -3.25. The molecule has 0 radical (unpaired) electrons. The minimum Gasteiger partial charge on any atom is -0.229 e. The van der Waals surface area contributed by atoms with E-state index in [1.165, 1.54) is 22.9 Å². The molecule has 2 nitrogen and oxygen atoms in total. The lowest BCUT2D eigenvalue weighted by Crippen LogP contribution is -2.36. The van der Waals surface area contributed by atoms with Gasteiger partial charge < -0.3 is 0 Å². The van der Waals surface area contributed by atoms with E-state index in [1.807, 2.05) is 0 Å². The van der Waals surface area contributed by atoms with Crippen molar-refractivity contribution in [2.75, 3.05) is 6.26 Å². The summed E-state index contributed by atoms with van der Waals surface area (Å²) >= 11 is 6.67. The number of sulfone groups is 1. The van der Waals surface area contributed by atoms with Crippen molar-refractivity contribution in [2.24, 2.45) is 0 Å². The van der Waals surface area contributed by atoms with Crippen LogP contribution in [0.3, 0.4) is 0 Å². The lowest BCUT2D eigenvalue weighted by atomic mass is 9.88. The quantitative estimate of drug-likeness (QED) is 0.721. The highest BCUT2D eigenvalue weighted by Crippen LogP contribution is 2.41. The van der Waals surface area contributed by atoms with Crippen molar-refractivity contribution in [1.82, 2.24) is 0 Å². The highest BCUT2D eigenvalue weighted by atomic mass is 35.5. The molecule has 0 N–H and O–H groups in total. The lowest BCUT2D eigenvalue weighted by molar-refractivity contribution is 0.542. The number of rotatable bonds is 6.